The molecule has 0 spiro atoms. The fourth-order valence-corrected chi connectivity index (χ4v) is 2.40. The van der Waals surface area contributed by atoms with Gasteiger partial charge < -0.3 is 0 Å². The molecule has 80 valence electrons. The molecule has 1 nitrogen and oxygen atoms in total. The van der Waals surface area contributed by atoms with Crippen LogP contribution in [-0.2, 0) is 4.79 Å². The number of carbonyl (C=O) groups is 1. The highest BCUT2D eigenvalue weighted by molar-refractivity contribution is 5.79. The van der Waals surface area contributed by atoms with E-state index in [4.69, 9.17) is 0 Å². The molecule has 2 rings (SSSR count). The van der Waals surface area contributed by atoms with E-state index in [0.717, 1.165) is 19.3 Å². The Hall–Kier alpha value is -1.11. The maximum atomic E-state index is 11.6. The van der Waals surface area contributed by atoms with E-state index in [9.17, 15) is 4.79 Å². The minimum atomic E-state index is 0.444. The molecule has 0 saturated heterocycles. The number of benzene rings is 1. The van der Waals surface area contributed by atoms with Crippen molar-refractivity contribution in [2.24, 2.45) is 0 Å². The van der Waals surface area contributed by atoms with Crippen molar-refractivity contribution in [2.45, 2.75) is 44.9 Å². The van der Waals surface area contributed by atoms with E-state index in [-0.39, 0.29) is 0 Å². The molecule has 1 fully saturated rings. The standard InChI is InChI=1S/C14H18O/c1-11-5-4-7-12(9-11)13-6-2-3-8-14(15)10-13/h4-5,7,9,13H,2-3,6,8,10H2,1H3. The second-order valence-electron chi connectivity index (χ2n) is 4.60. The number of rotatable bonds is 1. The summed E-state index contributed by atoms with van der Waals surface area (Å²) in [6.07, 6.45) is 5.01. The van der Waals surface area contributed by atoms with Gasteiger partial charge in [-0.1, -0.05) is 36.2 Å². The van der Waals surface area contributed by atoms with Crippen molar-refractivity contribution in [1.82, 2.24) is 0 Å². The van der Waals surface area contributed by atoms with Gasteiger partial charge in [0.1, 0.15) is 5.78 Å². The molecule has 0 N–H and O–H groups in total. The number of Topliss-reactive ketones (excluding diaryl/α,β-unsaturated/α-hetero) is 1. The van der Waals surface area contributed by atoms with Crippen molar-refractivity contribution in [3.8, 4) is 0 Å². The Morgan fingerprint density at radius 1 is 1.27 bits per heavy atom. The van der Waals surface area contributed by atoms with Gasteiger partial charge in [-0.3, -0.25) is 4.79 Å². The number of ketones is 1. The van der Waals surface area contributed by atoms with Crippen LogP contribution in [0.1, 0.15) is 49.1 Å². The van der Waals surface area contributed by atoms with Crippen molar-refractivity contribution in [1.29, 1.82) is 0 Å². The predicted molar refractivity (Wildman–Crippen MR) is 62.0 cm³/mol. The molecule has 0 bridgehead atoms. The summed E-state index contributed by atoms with van der Waals surface area (Å²) in [4.78, 5) is 11.6. The van der Waals surface area contributed by atoms with Crippen LogP contribution in [0.15, 0.2) is 24.3 Å². The van der Waals surface area contributed by atoms with E-state index in [0.29, 0.717) is 11.7 Å². The summed E-state index contributed by atoms with van der Waals surface area (Å²) in [5.41, 5.74) is 2.65. The lowest BCUT2D eigenvalue weighted by molar-refractivity contribution is -0.119. The van der Waals surface area contributed by atoms with Crippen LogP contribution in [0.5, 0.6) is 0 Å². The molecule has 0 aliphatic heterocycles. The summed E-state index contributed by atoms with van der Waals surface area (Å²) in [6, 6.07) is 8.60. The van der Waals surface area contributed by atoms with Gasteiger partial charge in [0.05, 0.1) is 0 Å². The first kappa shape index (κ1) is 10.4. The monoisotopic (exact) mass is 202 g/mol. The normalized spacial score (nSPS) is 22.5. The molecule has 1 atom stereocenters. The van der Waals surface area contributed by atoms with Crippen molar-refractivity contribution in [2.75, 3.05) is 0 Å². The molecule has 1 aromatic carbocycles. The van der Waals surface area contributed by atoms with Gasteiger partial charge in [-0.25, -0.2) is 0 Å². The lowest BCUT2D eigenvalue weighted by atomic mass is 9.91. The van der Waals surface area contributed by atoms with E-state index >= 15 is 0 Å². The van der Waals surface area contributed by atoms with Gasteiger partial charge in [0, 0.05) is 12.8 Å². The van der Waals surface area contributed by atoms with Crippen LogP contribution < -0.4 is 0 Å². The molecule has 0 aromatic heterocycles. The molecule has 1 unspecified atom stereocenters. The molecule has 0 heterocycles. The first-order chi connectivity index (χ1) is 7.25. The lowest BCUT2D eigenvalue weighted by Gasteiger charge is -2.14. The van der Waals surface area contributed by atoms with Gasteiger partial charge in [-0.2, -0.15) is 0 Å². The summed E-state index contributed by atoms with van der Waals surface area (Å²) in [6.45, 7) is 2.11. The molecular formula is C14H18O. The van der Waals surface area contributed by atoms with Crippen molar-refractivity contribution < 1.29 is 4.79 Å². The highest BCUT2D eigenvalue weighted by atomic mass is 16.1. The molecule has 1 saturated carbocycles. The van der Waals surface area contributed by atoms with Crippen LogP contribution in [0.25, 0.3) is 0 Å². The zero-order valence-corrected chi connectivity index (χ0v) is 9.33. The van der Waals surface area contributed by atoms with Gasteiger partial charge in [-0.05, 0) is 31.2 Å². The zero-order valence-electron chi connectivity index (χ0n) is 9.33. The largest absolute Gasteiger partial charge is 0.300 e. The summed E-state index contributed by atoms with van der Waals surface area (Å²) in [5.74, 6) is 0.916. The molecule has 1 heteroatoms. The van der Waals surface area contributed by atoms with Gasteiger partial charge in [0.2, 0.25) is 0 Å². The first-order valence-corrected chi connectivity index (χ1v) is 5.84. The fraction of sp³-hybridized carbons (Fsp3) is 0.500. The van der Waals surface area contributed by atoms with Gasteiger partial charge in [0.15, 0.2) is 0 Å². The Morgan fingerprint density at radius 2 is 2.13 bits per heavy atom. The highest BCUT2D eigenvalue weighted by Gasteiger charge is 2.18. The van der Waals surface area contributed by atoms with Crippen LogP contribution in [0.4, 0.5) is 0 Å². The van der Waals surface area contributed by atoms with Crippen molar-refractivity contribution in [3.63, 3.8) is 0 Å². The average molecular weight is 202 g/mol. The summed E-state index contributed by atoms with van der Waals surface area (Å²) >= 11 is 0. The predicted octanol–water partition coefficient (Wildman–Crippen LogP) is 3.61. The number of hydrogen-bond donors (Lipinski definition) is 0. The second kappa shape index (κ2) is 4.61. The van der Waals surface area contributed by atoms with Crippen molar-refractivity contribution >= 4 is 5.78 Å². The Kier molecular flexibility index (Phi) is 3.20. The first-order valence-electron chi connectivity index (χ1n) is 5.84. The van der Waals surface area contributed by atoms with Crippen molar-refractivity contribution in [3.05, 3.63) is 35.4 Å². The number of carbonyl (C=O) groups excluding carboxylic acids is 1. The molecular weight excluding hydrogens is 184 g/mol. The summed E-state index contributed by atoms with van der Waals surface area (Å²) in [7, 11) is 0. The molecule has 0 amide bonds. The molecule has 1 aliphatic rings. The van der Waals surface area contributed by atoms with E-state index in [1.165, 1.54) is 24.0 Å². The Morgan fingerprint density at radius 3 is 2.93 bits per heavy atom. The Labute approximate surface area is 91.5 Å². The Balaban J connectivity index is 2.18. The van der Waals surface area contributed by atoms with Crippen LogP contribution in [-0.4, -0.2) is 5.78 Å². The summed E-state index contributed by atoms with van der Waals surface area (Å²) < 4.78 is 0. The van der Waals surface area contributed by atoms with E-state index in [2.05, 4.69) is 31.2 Å². The highest BCUT2D eigenvalue weighted by Crippen LogP contribution is 2.30. The summed E-state index contributed by atoms with van der Waals surface area (Å²) in [5, 5.41) is 0. The minimum Gasteiger partial charge on any atom is -0.300 e. The Bertz CT molecular complexity index is 354. The average Bonchev–Trinajstić information content (AvgIpc) is 2.43. The van der Waals surface area contributed by atoms with E-state index < -0.39 is 0 Å². The van der Waals surface area contributed by atoms with Gasteiger partial charge in [-0.15, -0.1) is 0 Å². The molecule has 15 heavy (non-hydrogen) atoms. The van der Waals surface area contributed by atoms with Crippen LogP contribution in [0.2, 0.25) is 0 Å². The third-order valence-corrected chi connectivity index (χ3v) is 3.25. The van der Waals surface area contributed by atoms with Gasteiger partial charge >= 0.3 is 0 Å². The quantitative estimate of drug-likeness (QED) is 0.636. The van der Waals surface area contributed by atoms with Crippen LogP contribution >= 0.6 is 0 Å². The third-order valence-electron chi connectivity index (χ3n) is 3.25. The number of hydrogen-bond acceptors (Lipinski definition) is 1. The second-order valence-corrected chi connectivity index (χ2v) is 4.60. The minimum absolute atomic E-state index is 0.444. The van der Waals surface area contributed by atoms with Gasteiger partial charge in [0.25, 0.3) is 0 Å². The third kappa shape index (κ3) is 2.68. The van der Waals surface area contributed by atoms with Crippen LogP contribution in [0, 0.1) is 6.92 Å². The molecule has 1 aliphatic carbocycles. The molecule has 1 aromatic rings. The maximum absolute atomic E-state index is 11.6. The van der Waals surface area contributed by atoms with E-state index in [1.807, 2.05) is 0 Å². The fourth-order valence-electron chi connectivity index (χ4n) is 2.40. The zero-order chi connectivity index (χ0) is 10.7. The maximum Gasteiger partial charge on any atom is 0.133 e. The lowest BCUT2D eigenvalue weighted by Crippen LogP contribution is -2.03. The molecule has 0 radical (unpaired) electrons. The smallest absolute Gasteiger partial charge is 0.133 e. The van der Waals surface area contributed by atoms with Crippen LogP contribution in [0.3, 0.4) is 0 Å². The SMILES string of the molecule is Cc1cccc(C2CCCCC(=O)C2)c1. The topological polar surface area (TPSA) is 17.1 Å². The van der Waals surface area contributed by atoms with E-state index in [1.54, 1.807) is 0 Å². The number of aryl methyl sites for hydroxylation is 1.